The molecule has 2 aromatic carbocycles. The first-order valence-corrected chi connectivity index (χ1v) is 10.0. The van der Waals surface area contributed by atoms with Crippen LogP contribution in [0.15, 0.2) is 53.3 Å². The van der Waals surface area contributed by atoms with E-state index in [0.717, 1.165) is 18.4 Å². The maximum Gasteiger partial charge on any atom is 0.251 e. The number of aromatic hydroxyl groups is 1. The molecule has 158 valence electrons. The summed E-state index contributed by atoms with van der Waals surface area (Å²) in [5, 5.41) is 27.2. The smallest absolute Gasteiger partial charge is 0.251 e. The number of rotatable bonds is 9. The largest absolute Gasteiger partial charge is 0.506 e. The van der Waals surface area contributed by atoms with Crippen LogP contribution in [0.2, 0.25) is 0 Å². The van der Waals surface area contributed by atoms with Crippen LogP contribution < -0.4 is 16.2 Å². The van der Waals surface area contributed by atoms with Crippen LogP contribution in [0.3, 0.4) is 0 Å². The van der Waals surface area contributed by atoms with Crippen LogP contribution in [0.1, 0.15) is 40.4 Å². The maximum absolute atomic E-state index is 12.0. The van der Waals surface area contributed by atoms with Crippen LogP contribution in [-0.2, 0) is 0 Å². The maximum atomic E-state index is 12.0. The predicted octanol–water partition coefficient (Wildman–Crippen LogP) is 2.38. The fraction of sp³-hybridized carbons (Fsp3) is 0.304. The van der Waals surface area contributed by atoms with Gasteiger partial charge in [0.05, 0.1) is 11.6 Å². The number of aromatic nitrogens is 1. The Balaban J connectivity index is 1.40. The van der Waals surface area contributed by atoms with Crippen LogP contribution in [0.25, 0.3) is 10.9 Å². The molecule has 1 aromatic heterocycles. The number of carbonyl (C=O) groups excluding carboxylic acids is 1. The van der Waals surface area contributed by atoms with Crippen LogP contribution >= 0.6 is 0 Å². The number of carbonyl (C=O) groups is 1. The molecule has 0 unspecified atom stereocenters. The van der Waals surface area contributed by atoms with Crippen molar-refractivity contribution in [3.05, 3.63) is 75.6 Å². The highest BCUT2D eigenvalue weighted by atomic mass is 16.3. The van der Waals surface area contributed by atoms with Gasteiger partial charge in [0, 0.05) is 30.1 Å². The molecule has 3 rings (SSSR count). The molecular weight excluding hydrogens is 382 g/mol. The Hall–Kier alpha value is -3.16. The Kier molecular flexibility index (Phi) is 7.21. The Morgan fingerprint density at radius 3 is 2.53 bits per heavy atom. The number of phenolic OH excluding ortho intramolecular Hbond substituents is 1. The number of aliphatic hydroxyl groups is 1. The van der Waals surface area contributed by atoms with Gasteiger partial charge in [-0.15, -0.1) is 0 Å². The Morgan fingerprint density at radius 1 is 1.03 bits per heavy atom. The number of phenols is 1. The summed E-state index contributed by atoms with van der Waals surface area (Å²) in [6.07, 6.45) is 0.898. The molecule has 0 aliphatic heterocycles. The van der Waals surface area contributed by atoms with E-state index in [0.29, 0.717) is 41.7 Å². The SMILES string of the molecule is Cc1ccc(C(=O)NCCCCNC[C@H](O)c2ccc(O)c3[nH]c(=O)ccc23)cc1. The van der Waals surface area contributed by atoms with Gasteiger partial charge in [0.25, 0.3) is 5.91 Å². The number of pyridine rings is 1. The fourth-order valence-electron chi connectivity index (χ4n) is 3.28. The highest BCUT2D eigenvalue weighted by Gasteiger charge is 2.13. The second-order valence-corrected chi connectivity index (χ2v) is 7.33. The highest BCUT2D eigenvalue weighted by molar-refractivity contribution is 5.94. The van der Waals surface area contributed by atoms with E-state index >= 15 is 0 Å². The van der Waals surface area contributed by atoms with Crippen molar-refractivity contribution in [3.63, 3.8) is 0 Å². The number of nitrogens with one attached hydrogen (secondary N) is 3. The molecule has 7 heteroatoms. The average molecular weight is 409 g/mol. The van der Waals surface area contributed by atoms with E-state index < -0.39 is 6.10 Å². The summed E-state index contributed by atoms with van der Waals surface area (Å²) >= 11 is 0. The second kappa shape index (κ2) is 10.0. The third kappa shape index (κ3) is 5.46. The van der Waals surface area contributed by atoms with Gasteiger partial charge in [-0.05, 0) is 56.1 Å². The van der Waals surface area contributed by atoms with Crippen molar-refractivity contribution in [3.8, 4) is 5.75 Å². The topological polar surface area (TPSA) is 114 Å². The molecule has 7 nitrogen and oxygen atoms in total. The molecule has 0 radical (unpaired) electrons. The number of aryl methyl sites for hydroxylation is 1. The Morgan fingerprint density at radius 2 is 1.77 bits per heavy atom. The van der Waals surface area contributed by atoms with Crippen LogP contribution in [0.5, 0.6) is 5.75 Å². The molecule has 0 saturated carbocycles. The number of unbranched alkanes of at least 4 members (excludes halogenated alkanes) is 1. The number of hydrogen-bond donors (Lipinski definition) is 5. The van der Waals surface area contributed by atoms with E-state index in [2.05, 4.69) is 15.6 Å². The molecule has 1 atom stereocenters. The summed E-state index contributed by atoms with van der Waals surface area (Å²) < 4.78 is 0. The normalized spacial score (nSPS) is 12.1. The molecule has 1 amide bonds. The van der Waals surface area contributed by atoms with Crippen molar-refractivity contribution in [2.75, 3.05) is 19.6 Å². The second-order valence-electron chi connectivity index (χ2n) is 7.33. The summed E-state index contributed by atoms with van der Waals surface area (Å²) in [5.74, 6) is -0.102. The number of aromatic amines is 1. The first-order valence-electron chi connectivity index (χ1n) is 10.0. The number of H-pyrrole nitrogens is 1. The summed E-state index contributed by atoms with van der Waals surface area (Å²) in [4.78, 5) is 26.1. The quantitative estimate of drug-likeness (QED) is 0.348. The van der Waals surface area contributed by atoms with Crippen molar-refractivity contribution in [2.45, 2.75) is 25.9 Å². The zero-order valence-electron chi connectivity index (χ0n) is 16.9. The van der Waals surface area contributed by atoms with Gasteiger partial charge in [-0.25, -0.2) is 0 Å². The third-order valence-corrected chi connectivity index (χ3v) is 4.98. The number of aliphatic hydroxyl groups excluding tert-OH is 1. The number of hydrogen-bond acceptors (Lipinski definition) is 5. The van der Waals surface area contributed by atoms with E-state index in [9.17, 15) is 19.8 Å². The zero-order valence-corrected chi connectivity index (χ0v) is 16.9. The van der Waals surface area contributed by atoms with Gasteiger partial charge in [-0.2, -0.15) is 0 Å². The zero-order chi connectivity index (χ0) is 21.5. The van der Waals surface area contributed by atoms with Gasteiger partial charge < -0.3 is 25.8 Å². The molecule has 3 aromatic rings. The van der Waals surface area contributed by atoms with E-state index in [-0.39, 0.29) is 17.2 Å². The predicted molar refractivity (Wildman–Crippen MR) is 117 cm³/mol. The van der Waals surface area contributed by atoms with Gasteiger partial charge >= 0.3 is 0 Å². The lowest BCUT2D eigenvalue weighted by Crippen LogP contribution is -2.26. The van der Waals surface area contributed by atoms with Crippen molar-refractivity contribution < 1.29 is 15.0 Å². The van der Waals surface area contributed by atoms with Crippen molar-refractivity contribution in [1.29, 1.82) is 0 Å². The lowest BCUT2D eigenvalue weighted by atomic mass is 10.0. The molecule has 0 aliphatic carbocycles. The van der Waals surface area contributed by atoms with Gasteiger partial charge in [-0.3, -0.25) is 9.59 Å². The lowest BCUT2D eigenvalue weighted by Gasteiger charge is -2.15. The minimum absolute atomic E-state index is 0.0284. The van der Waals surface area contributed by atoms with Crippen LogP contribution in [0, 0.1) is 6.92 Å². The number of amides is 1. The highest BCUT2D eigenvalue weighted by Crippen LogP contribution is 2.28. The summed E-state index contributed by atoms with van der Waals surface area (Å²) in [5.41, 5.74) is 2.43. The van der Waals surface area contributed by atoms with Gasteiger partial charge in [0.1, 0.15) is 5.75 Å². The van der Waals surface area contributed by atoms with Crippen LogP contribution in [0.4, 0.5) is 0 Å². The van der Waals surface area contributed by atoms with Crippen molar-refractivity contribution >= 4 is 16.8 Å². The lowest BCUT2D eigenvalue weighted by molar-refractivity contribution is 0.0953. The molecule has 5 N–H and O–H groups in total. The van der Waals surface area contributed by atoms with E-state index in [1.807, 2.05) is 31.2 Å². The van der Waals surface area contributed by atoms with E-state index in [4.69, 9.17) is 0 Å². The van der Waals surface area contributed by atoms with Crippen LogP contribution in [-0.4, -0.2) is 40.7 Å². The Labute approximate surface area is 174 Å². The summed E-state index contributed by atoms with van der Waals surface area (Å²) in [6.45, 7) is 3.61. The first kappa shape index (κ1) is 21.5. The van der Waals surface area contributed by atoms with E-state index in [1.165, 1.54) is 12.1 Å². The minimum atomic E-state index is -0.778. The Bertz CT molecular complexity index is 1060. The van der Waals surface area contributed by atoms with Crippen molar-refractivity contribution in [1.82, 2.24) is 15.6 Å². The third-order valence-electron chi connectivity index (χ3n) is 4.98. The first-order chi connectivity index (χ1) is 14.5. The number of fused-ring (bicyclic) bond motifs is 1. The molecular formula is C23H27N3O4. The summed E-state index contributed by atoms with van der Waals surface area (Å²) in [6, 6.07) is 13.6. The molecule has 0 spiro atoms. The molecule has 0 saturated heterocycles. The molecule has 0 bridgehead atoms. The summed E-state index contributed by atoms with van der Waals surface area (Å²) in [7, 11) is 0. The average Bonchev–Trinajstić information content (AvgIpc) is 2.74. The molecule has 1 heterocycles. The standard InChI is InChI=1S/C23H27N3O4/c1-15-4-6-16(7-5-15)23(30)25-13-3-2-12-24-14-20(28)17-8-10-19(27)22-18(17)9-11-21(29)26-22/h4-11,20,24,27-28H,2-3,12-14H2,1H3,(H,25,30)(H,26,29)/t20-/m0/s1. The van der Waals surface area contributed by atoms with E-state index in [1.54, 1.807) is 12.1 Å². The monoisotopic (exact) mass is 409 g/mol. The van der Waals surface area contributed by atoms with Gasteiger partial charge in [0.2, 0.25) is 5.56 Å². The van der Waals surface area contributed by atoms with Crippen molar-refractivity contribution in [2.24, 2.45) is 0 Å². The minimum Gasteiger partial charge on any atom is -0.506 e. The molecule has 0 fully saturated rings. The molecule has 0 aliphatic rings. The fourth-order valence-corrected chi connectivity index (χ4v) is 3.28. The molecule has 30 heavy (non-hydrogen) atoms. The van der Waals surface area contributed by atoms with Gasteiger partial charge in [0.15, 0.2) is 0 Å². The van der Waals surface area contributed by atoms with Gasteiger partial charge in [-0.1, -0.05) is 23.8 Å². The number of benzene rings is 2.